The predicted molar refractivity (Wildman–Crippen MR) is 74.8 cm³/mol. The Morgan fingerprint density at radius 1 is 1.32 bits per heavy atom. The second-order valence-corrected chi connectivity index (χ2v) is 5.77. The van der Waals surface area contributed by atoms with Crippen molar-refractivity contribution in [3.63, 3.8) is 0 Å². The zero-order valence-corrected chi connectivity index (χ0v) is 11.8. The molecule has 0 saturated carbocycles. The summed E-state index contributed by atoms with van der Waals surface area (Å²) in [6, 6.07) is 9.34. The molecule has 1 rings (SSSR count). The Hall–Kier alpha value is -1.55. The van der Waals surface area contributed by atoms with Gasteiger partial charge < -0.3 is 15.2 Å². The predicted octanol–water partition coefficient (Wildman–Crippen LogP) is 2.88. The van der Waals surface area contributed by atoms with Gasteiger partial charge in [-0.2, -0.15) is 0 Å². The Bertz CT molecular complexity index is 384. The molecular weight excluding hydrogens is 242 g/mol. The van der Waals surface area contributed by atoms with Crippen LogP contribution in [0.4, 0.5) is 4.79 Å². The number of rotatable bonds is 5. The smallest absolute Gasteiger partial charge is 0.407 e. The summed E-state index contributed by atoms with van der Waals surface area (Å²) in [6.07, 6.45) is -0.640. The van der Waals surface area contributed by atoms with Crippen LogP contribution >= 0.6 is 0 Å². The Morgan fingerprint density at radius 2 is 1.95 bits per heavy atom. The molecule has 0 unspecified atom stereocenters. The van der Waals surface area contributed by atoms with Gasteiger partial charge >= 0.3 is 6.09 Å². The third-order valence-electron chi connectivity index (χ3n) is 2.57. The van der Waals surface area contributed by atoms with Gasteiger partial charge in [-0.05, 0) is 11.0 Å². The van der Waals surface area contributed by atoms with E-state index < -0.39 is 12.2 Å². The molecular formula is C15H23NO3. The van der Waals surface area contributed by atoms with Gasteiger partial charge in [0.15, 0.2) is 0 Å². The first-order valence-corrected chi connectivity index (χ1v) is 6.52. The largest absolute Gasteiger partial charge is 0.449 e. The molecule has 4 nitrogen and oxygen atoms in total. The van der Waals surface area contributed by atoms with Crippen LogP contribution < -0.4 is 5.32 Å². The number of benzene rings is 1. The lowest BCUT2D eigenvalue weighted by atomic mass is 9.97. The zero-order chi connectivity index (χ0) is 14.3. The number of carbonyl (C=O) groups is 1. The molecule has 0 aliphatic heterocycles. The molecule has 0 aliphatic carbocycles. The summed E-state index contributed by atoms with van der Waals surface area (Å²) >= 11 is 0. The lowest BCUT2D eigenvalue weighted by Crippen LogP contribution is -2.33. The van der Waals surface area contributed by atoms with Gasteiger partial charge in [0.25, 0.3) is 0 Å². The Labute approximate surface area is 114 Å². The maximum Gasteiger partial charge on any atom is 0.407 e. The van der Waals surface area contributed by atoms with E-state index in [1.165, 1.54) is 0 Å². The van der Waals surface area contributed by atoms with E-state index in [0.717, 1.165) is 5.56 Å². The van der Waals surface area contributed by atoms with Crippen molar-refractivity contribution in [2.24, 2.45) is 5.41 Å². The van der Waals surface area contributed by atoms with E-state index in [4.69, 9.17) is 4.74 Å². The Balaban J connectivity index is 2.22. The Kier molecular flexibility index (Phi) is 5.83. The van der Waals surface area contributed by atoms with Gasteiger partial charge in [0, 0.05) is 13.0 Å². The third-order valence-corrected chi connectivity index (χ3v) is 2.57. The molecule has 4 heteroatoms. The van der Waals surface area contributed by atoms with Gasteiger partial charge in [0.2, 0.25) is 0 Å². The molecule has 0 fully saturated rings. The van der Waals surface area contributed by atoms with Crippen molar-refractivity contribution >= 4 is 6.09 Å². The molecule has 0 spiro atoms. The van der Waals surface area contributed by atoms with Gasteiger partial charge in [0.1, 0.15) is 0 Å². The molecule has 2 N–H and O–H groups in total. The highest BCUT2D eigenvalue weighted by Crippen LogP contribution is 2.15. The van der Waals surface area contributed by atoms with Crippen LogP contribution in [0.15, 0.2) is 30.3 Å². The van der Waals surface area contributed by atoms with Crippen molar-refractivity contribution in [1.82, 2.24) is 5.32 Å². The van der Waals surface area contributed by atoms with E-state index in [2.05, 4.69) is 5.32 Å². The number of aliphatic hydroxyl groups is 1. The van der Waals surface area contributed by atoms with Gasteiger partial charge in [-0.15, -0.1) is 0 Å². The van der Waals surface area contributed by atoms with E-state index in [9.17, 15) is 9.90 Å². The maximum atomic E-state index is 11.4. The highest BCUT2D eigenvalue weighted by atomic mass is 16.5. The van der Waals surface area contributed by atoms with Gasteiger partial charge in [-0.3, -0.25) is 0 Å². The quantitative estimate of drug-likeness (QED) is 0.860. The minimum atomic E-state index is -0.600. The molecule has 1 aromatic rings. The maximum absolute atomic E-state index is 11.4. The molecule has 0 aliphatic rings. The van der Waals surface area contributed by atoms with Crippen molar-refractivity contribution < 1.29 is 14.6 Å². The van der Waals surface area contributed by atoms with E-state index in [1.54, 1.807) is 0 Å². The molecule has 0 radical (unpaired) electrons. The van der Waals surface area contributed by atoms with Crippen LogP contribution in [0.1, 0.15) is 38.9 Å². The number of amides is 1. The highest BCUT2D eigenvalue weighted by Gasteiger charge is 2.13. The SMILES string of the molecule is CC(C)(C)CNC(=O)OCC[C@@H](O)c1ccccc1. The van der Waals surface area contributed by atoms with E-state index in [-0.39, 0.29) is 12.0 Å². The van der Waals surface area contributed by atoms with Gasteiger partial charge in [0.05, 0.1) is 12.7 Å². The van der Waals surface area contributed by atoms with Crippen LogP contribution in [-0.4, -0.2) is 24.4 Å². The number of alkyl carbamates (subject to hydrolysis) is 1. The summed E-state index contributed by atoms with van der Waals surface area (Å²) < 4.78 is 5.02. The standard InChI is InChI=1S/C15H23NO3/c1-15(2,3)11-16-14(18)19-10-9-13(17)12-7-5-4-6-8-12/h4-8,13,17H,9-11H2,1-3H3,(H,16,18)/t13-/m1/s1. The van der Waals surface area contributed by atoms with E-state index >= 15 is 0 Å². The van der Waals surface area contributed by atoms with Crippen LogP contribution in [0.2, 0.25) is 0 Å². The number of aliphatic hydroxyl groups excluding tert-OH is 1. The average molecular weight is 265 g/mol. The zero-order valence-electron chi connectivity index (χ0n) is 11.8. The topological polar surface area (TPSA) is 58.6 Å². The number of hydrogen-bond acceptors (Lipinski definition) is 3. The minimum Gasteiger partial charge on any atom is -0.449 e. The molecule has 1 amide bonds. The van der Waals surface area contributed by atoms with Gasteiger partial charge in [-0.1, -0.05) is 51.1 Å². The van der Waals surface area contributed by atoms with Crippen LogP contribution in [0, 0.1) is 5.41 Å². The molecule has 106 valence electrons. The lowest BCUT2D eigenvalue weighted by Gasteiger charge is -2.18. The fourth-order valence-corrected chi connectivity index (χ4v) is 1.49. The molecule has 19 heavy (non-hydrogen) atoms. The van der Waals surface area contributed by atoms with Gasteiger partial charge in [-0.25, -0.2) is 4.79 Å². The van der Waals surface area contributed by atoms with Crippen LogP contribution in [0.3, 0.4) is 0 Å². The average Bonchev–Trinajstić information content (AvgIpc) is 2.36. The second kappa shape index (κ2) is 7.14. The molecule has 1 atom stereocenters. The summed E-state index contributed by atoms with van der Waals surface area (Å²) in [4.78, 5) is 11.4. The van der Waals surface area contributed by atoms with Crippen LogP contribution in [-0.2, 0) is 4.74 Å². The van der Waals surface area contributed by atoms with Crippen molar-refractivity contribution in [3.05, 3.63) is 35.9 Å². The molecule has 0 heterocycles. The summed E-state index contributed by atoms with van der Waals surface area (Å²) in [5.41, 5.74) is 0.865. The van der Waals surface area contributed by atoms with E-state index in [1.807, 2.05) is 51.1 Å². The number of hydrogen-bond donors (Lipinski definition) is 2. The minimum absolute atomic E-state index is 0.0303. The Morgan fingerprint density at radius 3 is 2.53 bits per heavy atom. The molecule has 0 saturated heterocycles. The number of carbonyl (C=O) groups excluding carboxylic acids is 1. The fraction of sp³-hybridized carbons (Fsp3) is 0.533. The van der Waals surface area contributed by atoms with Crippen molar-refractivity contribution in [2.45, 2.75) is 33.3 Å². The second-order valence-electron chi connectivity index (χ2n) is 5.77. The van der Waals surface area contributed by atoms with Crippen LogP contribution in [0.25, 0.3) is 0 Å². The summed E-state index contributed by atoms with van der Waals surface area (Å²) in [7, 11) is 0. The van der Waals surface area contributed by atoms with Crippen molar-refractivity contribution in [3.8, 4) is 0 Å². The summed E-state index contributed by atoms with van der Waals surface area (Å²) in [6.45, 7) is 6.87. The highest BCUT2D eigenvalue weighted by molar-refractivity contribution is 5.67. The number of ether oxygens (including phenoxy) is 1. The monoisotopic (exact) mass is 265 g/mol. The lowest BCUT2D eigenvalue weighted by molar-refractivity contribution is 0.104. The summed E-state index contributed by atoms with van der Waals surface area (Å²) in [5, 5.41) is 12.6. The van der Waals surface area contributed by atoms with Crippen LogP contribution in [0.5, 0.6) is 0 Å². The first-order chi connectivity index (χ1) is 8.88. The summed E-state index contributed by atoms with van der Waals surface area (Å²) in [5.74, 6) is 0. The van der Waals surface area contributed by atoms with Crippen molar-refractivity contribution in [1.29, 1.82) is 0 Å². The van der Waals surface area contributed by atoms with E-state index in [0.29, 0.717) is 13.0 Å². The molecule has 1 aromatic carbocycles. The molecule has 0 bridgehead atoms. The normalized spacial score (nSPS) is 12.8. The molecule has 0 aromatic heterocycles. The third kappa shape index (κ3) is 6.82. The fourth-order valence-electron chi connectivity index (χ4n) is 1.49. The van der Waals surface area contributed by atoms with Crippen molar-refractivity contribution in [2.75, 3.05) is 13.2 Å². The number of nitrogens with one attached hydrogen (secondary N) is 1. The first kappa shape index (κ1) is 15.5. The first-order valence-electron chi connectivity index (χ1n) is 6.52.